The van der Waals surface area contributed by atoms with Crippen molar-refractivity contribution < 1.29 is 19.4 Å². The average Bonchev–Trinajstić information content (AvgIpc) is 2.88. The highest BCUT2D eigenvalue weighted by Crippen LogP contribution is 2.28. The van der Waals surface area contributed by atoms with Crippen LogP contribution in [0.3, 0.4) is 0 Å². The highest BCUT2D eigenvalue weighted by atomic mass is 16.5. The zero-order chi connectivity index (χ0) is 17.7. The van der Waals surface area contributed by atoms with Crippen LogP contribution < -0.4 is 9.47 Å². The van der Waals surface area contributed by atoms with Crippen LogP contribution in [0.1, 0.15) is 19.5 Å². The normalized spacial score (nSPS) is 11.3. The molecule has 2 heterocycles. The third-order valence-corrected chi connectivity index (χ3v) is 2.95. The summed E-state index contributed by atoms with van der Waals surface area (Å²) >= 11 is 0. The SMILES string of the molecule is C=CCOc1nc2c(OC(C)C)cccn2c1/C=C(\C#N)C(=O)O. The van der Waals surface area contributed by atoms with Crippen molar-refractivity contribution in [2.24, 2.45) is 0 Å². The van der Waals surface area contributed by atoms with Crippen molar-refractivity contribution in [2.45, 2.75) is 20.0 Å². The number of ether oxygens (including phenoxy) is 2. The summed E-state index contributed by atoms with van der Waals surface area (Å²) in [6.45, 7) is 7.55. The first-order valence-corrected chi connectivity index (χ1v) is 7.24. The molecular weight excluding hydrogens is 310 g/mol. The summed E-state index contributed by atoms with van der Waals surface area (Å²) < 4.78 is 12.8. The largest absolute Gasteiger partial charge is 0.487 e. The Balaban J connectivity index is 2.68. The molecule has 0 amide bonds. The van der Waals surface area contributed by atoms with E-state index in [2.05, 4.69) is 11.6 Å². The van der Waals surface area contributed by atoms with Crippen molar-refractivity contribution in [1.82, 2.24) is 9.38 Å². The molecule has 0 aliphatic rings. The van der Waals surface area contributed by atoms with Crippen LogP contribution in [0.5, 0.6) is 11.6 Å². The molecule has 0 aromatic carbocycles. The van der Waals surface area contributed by atoms with E-state index >= 15 is 0 Å². The molecule has 7 nitrogen and oxygen atoms in total. The summed E-state index contributed by atoms with van der Waals surface area (Å²) in [5, 5.41) is 18.1. The predicted octanol–water partition coefficient (Wildman–Crippen LogP) is 2.68. The van der Waals surface area contributed by atoms with E-state index in [4.69, 9.17) is 19.8 Å². The minimum atomic E-state index is -1.32. The summed E-state index contributed by atoms with van der Waals surface area (Å²) in [5.74, 6) is -0.593. The molecule has 0 fully saturated rings. The Bertz CT molecular complexity index is 843. The van der Waals surface area contributed by atoms with Crippen LogP contribution >= 0.6 is 0 Å². The van der Waals surface area contributed by atoms with Gasteiger partial charge in [-0.25, -0.2) is 4.79 Å². The Kier molecular flexibility index (Phi) is 5.22. The summed E-state index contributed by atoms with van der Waals surface area (Å²) in [7, 11) is 0. The van der Waals surface area contributed by atoms with Crippen molar-refractivity contribution >= 4 is 17.7 Å². The zero-order valence-corrected chi connectivity index (χ0v) is 13.4. The molecule has 24 heavy (non-hydrogen) atoms. The molecule has 0 saturated carbocycles. The molecule has 2 rings (SSSR count). The Morgan fingerprint density at radius 2 is 2.33 bits per heavy atom. The van der Waals surface area contributed by atoms with Crippen molar-refractivity contribution in [3.63, 3.8) is 0 Å². The van der Waals surface area contributed by atoms with Crippen LogP contribution in [0.15, 0.2) is 36.6 Å². The number of pyridine rings is 1. The summed E-state index contributed by atoms with van der Waals surface area (Å²) in [5.41, 5.74) is 0.398. The minimum Gasteiger partial charge on any atom is -0.487 e. The van der Waals surface area contributed by atoms with Crippen LogP contribution in [-0.4, -0.2) is 33.2 Å². The van der Waals surface area contributed by atoms with Gasteiger partial charge in [0.25, 0.3) is 0 Å². The maximum Gasteiger partial charge on any atom is 0.346 e. The highest BCUT2D eigenvalue weighted by molar-refractivity contribution is 5.96. The molecule has 7 heteroatoms. The fraction of sp³-hybridized carbons (Fsp3) is 0.235. The van der Waals surface area contributed by atoms with E-state index in [0.29, 0.717) is 17.1 Å². The summed E-state index contributed by atoms with van der Waals surface area (Å²) in [6.07, 6.45) is 4.41. The predicted molar refractivity (Wildman–Crippen MR) is 87.9 cm³/mol. The van der Waals surface area contributed by atoms with Gasteiger partial charge in [-0.15, -0.1) is 0 Å². The smallest absolute Gasteiger partial charge is 0.346 e. The number of nitriles is 1. The van der Waals surface area contributed by atoms with Gasteiger partial charge in [-0.3, -0.25) is 4.40 Å². The van der Waals surface area contributed by atoms with Crippen molar-refractivity contribution in [2.75, 3.05) is 6.61 Å². The number of hydrogen-bond acceptors (Lipinski definition) is 5. The lowest BCUT2D eigenvalue weighted by Crippen LogP contribution is -2.06. The number of aromatic nitrogens is 2. The number of rotatable bonds is 7. The van der Waals surface area contributed by atoms with Crippen molar-refractivity contribution in [3.05, 3.63) is 42.3 Å². The lowest BCUT2D eigenvalue weighted by atomic mass is 10.2. The van der Waals surface area contributed by atoms with E-state index in [0.717, 1.165) is 0 Å². The second-order valence-corrected chi connectivity index (χ2v) is 5.11. The maximum absolute atomic E-state index is 11.1. The monoisotopic (exact) mass is 327 g/mol. The quantitative estimate of drug-likeness (QED) is 0.477. The topological polar surface area (TPSA) is 96.9 Å². The second-order valence-electron chi connectivity index (χ2n) is 5.11. The Morgan fingerprint density at radius 3 is 2.92 bits per heavy atom. The van der Waals surface area contributed by atoms with E-state index in [1.54, 1.807) is 34.9 Å². The maximum atomic E-state index is 11.1. The lowest BCUT2D eigenvalue weighted by Gasteiger charge is -2.10. The van der Waals surface area contributed by atoms with E-state index in [9.17, 15) is 4.79 Å². The molecular formula is C17H17N3O4. The van der Waals surface area contributed by atoms with Gasteiger partial charge in [-0.05, 0) is 32.1 Å². The summed E-state index contributed by atoms with van der Waals surface area (Å²) in [4.78, 5) is 15.5. The molecule has 1 N–H and O–H groups in total. The minimum absolute atomic E-state index is 0.0573. The average molecular weight is 327 g/mol. The lowest BCUT2D eigenvalue weighted by molar-refractivity contribution is -0.132. The third kappa shape index (κ3) is 3.55. The third-order valence-electron chi connectivity index (χ3n) is 2.95. The van der Waals surface area contributed by atoms with Gasteiger partial charge in [-0.2, -0.15) is 10.2 Å². The van der Waals surface area contributed by atoms with Gasteiger partial charge in [0.1, 0.15) is 23.9 Å². The number of carbonyl (C=O) groups is 1. The molecule has 0 atom stereocenters. The Hall–Kier alpha value is -3.27. The first-order valence-electron chi connectivity index (χ1n) is 7.24. The van der Waals surface area contributed by atoms with Crippen LogP contribution in [0, 0.1) is 11.3 Å². The fourth-order valence-corrected chi connectivity index (χ4v) is 2.04. The first-order chi connectivity index (χ1) is 11.5. The molecule has 124 valence electrons. The van der Waals surface area contributed by atoms with Crippen molar-refractivity contribution in [3.8, 4) is 17.7 Å². The summed E-state index contributed by atoms with van der Waals surface area (Å²) in [6, 6.07) is 5.15. The molecule has 0 aliphatic heterocycles. The van der Waals surface area contributed by atoms with Gasteiger partial charge >= 0.3 is 5.97 Å². The van der Waals surface area contributed by atoms with Gasteiger partial charge in [0.15, 0.2) is 11.4 Å². The van der Waals surface area contributed by atoms with Crippen molar-refractivity contribution in [1.29, 1.82) is 5.26 Å². The standard InChI is InChI=1S/C17H17N3O4/c1-4-8-23-16-13(9-12(10-18)17(21)22)20-7-5-6-14(15(20)19-16)24-11(2)3/h4-7,9,11H,1,8H2,2-3H3,(H,21,22)/b12-9+. The van der Waals surface area contributed by atoms with Gasteiger partial charge < -0.3 is 14.6 Å². The van der Waals surface area contributed by atoms with Gasteiger partial charge in [0.2, 0.25) is 5.88 Å². The molecule has 0 spiro atoms. The number of hydrogen-bond donors (Lipinski definition) is 1. The number of nitrogens with zero attached hydrogens (tertiary/aromatic N) is 3. The van der Waals surface area contributed by atoms with Gasteiger partial charge in [0, 0.05) is 6.20 Å². The molecule has 0 aliphatic carbocycles. The second kappa shape index (κ2) is 7.33. The number of aliphatic carboxylic acids is 1. The number of imidazole rings is 1. The molecule has 2 aromatic rings. The van der Waals surface area contributed by atoms with E-state index < -0.39 is 11.5 Å². The van der Waals surface area contributed by atoms with Crippen LogP contribution in [-0.2, 0) is 4.79 Å². The van der Waals surface area contributed by atoms with Crippen LogP contribution in [0.2, 0.25) is 0 Å². The number of carboxylic acid groups (broad SMARTS) is 1. The molecule has 0 radical (unpaired) electrons. The molecule has 0 saturated heterocycles. The first kappa shape index (κ1) is 17.1. The fourth-order valence-electron chi connectivity index (χ4n) is 2.04. The zero-order valence-electron chi connectivity index (χ0n) is 13.4. The van der Waals surface area contributed by atoms with Gasteiger partial charge in [0.05, 0.1) is 6.10 Å². The van der Waals surface area contributed by atoms with E-state index in [-0.39, 0.29) is 18.6 Å². The molecule has 0 bridgehead atoms. The number of fused-ring (bicyclic) bond motifs is 1. The van der Waals surface area contributed by atoms with Gasteiger partial charge in [-0.1, -0.05) is 12.7 Å². The van der Waals surface area contributed by atoms with E-state index in [1.807, 2.05) is 13.8 Å². The number of carboxylic acids is 1. The molecule has 2 aromatic heterocycles. The molecule has 0 unspecified atom stereocenters. The van der Waals surface area contributed by atoms with Crippen LogP contribution in [0.4, 0.5) is 0 Å². The van der Waals surface area contributed by atoms with E-state index in [1.165, 1.54) is 6.08 Å². The Labute approximate surface area is 139 Å². The highest BCUT2D eigenvalue weighted by Gasteiger charge is 2.18. The van der Waals surface area contributed by atoms with Crippen LogP contribution in [0.25, 0.3) is 11.7 Å². The Morgan fingerprint density at radius 1 is 1.58 bits per heavy atom.